The molecule has 0 aromatic carbocycles. The smallest absolute Gasteiger partial charge is 0.280 e. The van der Waals surface area contributed by atoms with E-state index in [2.05, 4.69) is 41.4 Å². The predicted molar refractivity (Wildman–Crippen MR) is 132 cm³/mol. The number of carbonyl (C=O) groups is 2. The Kier molecular flexibility index (Phi) is 7.43. The first kappa shape index (κ1) is 25.1. The maximum atomic E-state index is 13.4. The number of nitrogens with zero attached hydrogens (tertiary/aromatic N) is 3. The molecule has 0 unspecified atom stereocenters. The number of pyridine rings is 1. The molecule has 180 valence electrons. The van der Waals surface area contributed by atoms with Crippen molar-refractivity contribution in [2.75, 3.05) is 11.9 Å². The lowest BCUT2D eigenvalue weighted by Gasteiger charge is -2.22. The molecule has 1 aliphatic rings. The number of aromatic nitrogens is 2. The van der Waals surface area contributed by atoms with Crippen LogP contribution in [0.1, 0.15) is 80.2 Å². The Balaban J connectivity index is 2.02. The minimum atomic E-state index is -0.700. The van der Waals surface area contributed by atoms with Crippen LogP contribution in [0.5, 0.6) is 0 Å². The van der Waals surface area contributed by atoms with E-state index in [0.29, 0.717) is 11.4 Å². The molecule has 0 spiro atoms. The van der Waals surface area contributed by atoms with Crippen LogP contribution >= 0.6 is 11.3 Å². The van der Waals surface area contributed by atoms with Gasteiger partial charge in [-0.05, 0) is 72.9 Å². The Morgan fingerprint density at radius 3 is 2.55 bits per heavy atom. The first-order chi connectivity index (χ1) is 15.4. The molecule has 0 bridgehead atoms. The first-order valence-corrected chi connectivity index (χ1v) is 12.2. The Bertz CT molecular complexity index is 1030. The maximum Gasteiger partial charge on any atom is 0.280 e. The van der Waals surface area contributed by atoms with Crippen LogP contribution in [0.4, 0.5) is 5.82 Å². The molecule has 2 aromatic heterocycles. The standard InChI is InChI=1S/C24H35N5O3S/c1-13-11-18(28-24(5,6)7)25-12-17(13)20-19(23(32)29-10-8-9-14(29)2)27-22(33-20)21(31)26-15(3)16(4)30/h11-12,14-16,30H,8-10H2,1-7H3,(H,25,28)(H,26,31)/t14-,15-,16-/m0/s1. The van der Waals surface area contributed by atoms with E-state index in [9.17, 15) is 14.7 Å². The average Bonchev–Trinajstić information content (AvgIpc) is 3.33. The van der Waals surface area contributed by atoms with Gasteiger partial charge in [0.2, 0.25) is 0 Å². The van der Waals surface area contributed by atoms with E-state index in [1.54, 1.807) is 20.0 Å². The minimum absolute atomic E-state index is 0.135. The molecule has 3 heterocycles. The molecule has 0 saturated carbocycles. The zero-order chi connectivity index (χ0) is 24.5. The third-order valence-corrected chi connectivity index (χ3v) is 6.87. The van der Waals surface area contributed by atoms with Gasteiger partial charge in [0.1, 0.15) is 11.5 Å². The fourth-order valence-electron chi connectivity index (χ4n) is 3.75. The molecule has 3 N–H and O–H groups in total. The third kappa shape index (κ3) is 5.89. The summed E-state index contributed by atoms with van der Waals surface area (Å²) in [6.07, 6.45) is 2.95. The molecule has 2 aromatic rings. The lowest BCUT2D eigenvalue weighted by atomic mass is 10.1. The first-order valence-electron chi connectivity index (χ1n) is 11.4. The van der Waals surface area contributed by atoms with Crippen LogP contribution < -0.4 is 10.6 Å². The van der Waals surface area contributed by atoms with Gasteiger partial charge in [0.25, 0.3) is 11.8 Å². The van der Waals surface area contributed by atoms with Crippen LogP contribution in [-0.2, 0) is 0 Å². The SMILES string of the molecule is Cc1cc(NC(C)(C)C)ncc1-c1sc(C(=O)N[C@@H](C)[C@H](C)O)nc1C(=O)N1CCC[C@@H]1C. The van der Waals surface area contributed by atoms with Gasteiger partial charge in [-0.15, -0.1) is 11.3 Å². The van der Waals surface area contributed by atoms with Gasteiger partial charge in [-0.3, -0.25) is 9.59 Å². The van der Waals surface area contributed by atoms with Gasteiger partial charge < -0.3 is 20.6 Å². The summed E-state index contributed by atoms with van der Waals surface area (Å²) in [5.74, 6) is 0.183. The summed E-state index contributed by atoms with van der Waals surface area (Å²) in [5.41, 5.74) is 1.87. The fraction of sp³-hybridized carbons (Fsp3) is 0.583. The summed E-state index contributed by atoms with van der Waals surface area (Å²) in [6.45, 7) is 14.2. The second-order valence-electron chi connectivity index (χ2n) is 9.95. The van der Waals surface area contributed by atoms with E-state index in [0.717, 1.165) is 29.8 Å². The van der Waals surface area contributed by atoms with Gasteiger partial charge in [-0.25, -0.2) is 9.97 Å². The Morgan fingerprint density at radius 2 is 2.00 bits per heavy atom. The summed E-state index contributed by atoms with van der Waals surface area (Å²) >= 11 is 1.18. The zero-order valence-electron chi connectivity index (χ0n) is 20.5. The second kappa shape index (κ2) is 9.77. The van der Waals surface area contributed by atoms with Crippen molar-refractivity contribution >= 4 is 29.0 Å². The topological polar surface area (TPSA) is 107 Å². The second-order valence-corrected chi connectivity index (χ2v) is 10.9. The molecular weight excluding hydrogens is 438 g/mol. The summed E-state index contributed by atoms with van der Waals surface area (Å²) < 4.78 is 0. The van der Waals surface area contributed by atoms with Gasteiger partial charge in [0.15, 0.2) is 5.01 Å². The van der Waals surface area contributed by atoms with Crippen molar-refractivity contribution in [3.8, 4) is 10.4 Å². The van der Waals surface area contributed by atoms with Crippen molar-refractivity contribution in [3.05, 3.63) is 28.5 Å². The van der Waals surface area contributed by atoms with Crippen molar-refractivity contribution in [2.45, 2.75) is 85.0 Å². The van der Waals surface area contributed by atoms with Gasteiger partial charge in [-0.2, -0.15) is 0 Å². The van der Waals surface area contributed by atoms with E-state index in [-0.39, 0.29) is 28.2 Å². The van der Waals surface area contributed by atoms with Crippen molar-refractivity contribution in [3.63, 3.8) is 0 Å². The van der Waals surface area contributed by atoms with Gasteiger partial charge in [0.05, 0.1) is 17.0 Å². The molecule has 1 saturated heterocycles. The highest BCUT2D eigenvalue weighted by Gasteiger charge is 2.32. The monoisotopic (exact) mass is 473 g/mol. The highest BCUT2D eigenvalue weighted by Crippen LogP contribution is 2.35. The lowest BCUT2D eigenvalue weighted by molar-refractivity contribution is 0.0743. The predicted octanol–water partition coefficient (Wildman–Crippen LogP) is 3.85. The van der Waals surface area contributed by atoms with E-state index < -0.39 is 18.1 Å². The molecule has 3 atom stereocenters. The summed E-state index contributed by atoms with van der Waals surface area (Å²) in [6, 6.07) is 1.65. The van der Waals surface area contributed by atoms with E-state index >= 15 is 0 Å². The highest BCUT2D eigenvalue weighted by atomic mass is 32.1. The summed E-state index contributed by atoms with van der Waals surface area (Å²) in [7, 11) is 0. The molecular formula is C24H35N5O3S. The molecule has 8 nitrogen and oxygen atoms in total. The molecule has 1 aliphatic heterocycles. The Labute approximate surface area is 199 Å². The minimum Gasteiger partial charge on any atom is -0.391 e. The summed E-state index contributed by atoms with van der Waals surface area (Å²) in [5, 5.41) is 16.1. The number of aliphatic hydroxyl groups is 1. The van der Waals surface area contributed by atoms with Crippen molar-refractivity contribution in [2.24, 2.45) is 0 Å². The normalized spacial score (nSPS) is 18.2. The maximum absolute atomic E-state index is 13.4. The molecule has 0 radical (unpaired) electrons. The van der Waals surface area contributed by atoms with Crippen LogP contribution in [-0.4, -0.2) is 62.1 Å². The number of carbonyl (C=O) groups excluding carboxylic acids is 2. The van der Waals surface area contributed by atoms with Crippen LogP contribution in [0.3, 0.4) is 0 Å². The Hall–Kier alpha value is -2.52. The fourth-order valence-corrected chi connectivity index (χ4v) is 4.79. The molecule has 2 amide bonds. The van der Waals surface area contributed by atoms with E-state index in [4.69, 9.17) is 0 Å². The molecule has 9 heteroatoms. The summed E-state index contributed by atoms with van der Waals surface area (Å²) in [4.78, 5) is 37.8. The number of aliphatic hydroxyl groups excluding tert-OH is 1. The molecule has 0 aliphatic carbocycles. The van der Waals surface area contributed by atoms with Gasteiger partial charge in [0, 0.05) is 29.9 Å². The number of anilines is 1. The average molecular weight is 474 g/mol. The Morgan fingerprint density at radius 1 is 1.30 bits per heavy atom. The zero-order valence-corrected chi connectivity index (χ0v) is 21.3. The lowest BCUT2D eigenvalue weighted by Crippen LogP contribution is -2.39. The largest absolute Gasteiger partial charge is 0.391 e. The van der Waals surface area contributed by atoms with Crippen molar-refractivity contribution in [1.29, 1.82) is 0 Å². The van der Waals surface area contributed by atoms with Crippen LogP contribution in [0, 0.1) is 6.92 Å². The third-order valence-electron chi connectivity index (χ3n) is 5.78. The molecule has 33 heavy (non-hydrogen) atoms. The number of likely N-dealkylation sites (tertiary alicyclic amines) is 1. The van der Waals surface area contributed by atoms with Gasteiger partial charge in [-0.1, -0.05) is 0 Å². The van der Waals surface area contributed by atoms with Crippen LogP contribution in [0.15, 0.2) is 12.3 Å². The number of nitrogens with one attached hydrogen (secondary N) is 2. The van der Waals surface area contributed by atoms with E-state index in [1.807, 2.05) is 24.8 Å². The molecule has 3 rings (SSSR count). The van der Waals surface area contributed by atoms with Crippen LogP contribution in [0.2, 0.25) is 0 Å². The number of rotatable bonds is 6. The number of hydrogen-bond donors (Lipinski definition) is 3. The highest BCUT2D eigenvalue weighted by molar-refractivity contribution is 7.17. The van der Waals surface area contributed by atoms with Crippen molar-refractivity contribution in [1.82, 2.24) is 20.2 Å². The molecule has 1 fully saturated rings. The van der Waals surface area contributed by atoms with Crippen LogP contribution in [0.25, 0.3) is 10.4 Å². The number of aryl methyl sites for hydroxylation is 1. The van der Waals surface area contributed by atoms with E-state index in [1.165, 1.54) is 11.3 Å². The van der Waals surface area contributed by atoms with Crippen molar-refractivity contribution < 1.29 is 14.7 Å². The number of thiazole rings is 1. The van der Waals surface area contributed by atoms with Gasteiger partial charge >= 0.3 is 0 Å². The quantitative estimate of drug-likeness (QED) is 0.588. The number of amides is 2. The number of hydrogen-bond acceptors (Lipinski definition) is 7.